The number of benzene rings is 2. The molecule has 1 amide bonds. The van der Waals surface area contributed by atoms with E-state index in [-0.39, 0.29) is 11.9 Å². The van der Waals surface area contributed by atoms with Gasteiger partial charge in [-0.25, -0.2) is 0 Å². The SMILES string of the molecule is O=C(NC1CC2CCN(CC2)C1)c1ccc(Sc2cccc(Cl)c2)cc1. The van der Waals surface area contributed by atoms with Crippen molar-refractivity contribution in [3.8, 4) is 0 Å². The molecule has 1 unspecified atom stereocenters. The Labute approximate surface area is 164 Å². The molecule has 5 rings (SSSR count). The quantitative estimate of drug-likeness (QED) is 0.826. The number of nitrogens with zero attached hydrogens (tertiary/aromatic N) is 1. The van der Waals surface area contributed by atoms with Crippen LogP contribution in [-0.2, 0) is 0 Å². The molecule has 0 aliphatic carbocycles. The molecule has 3 fully saturated rings. The Balaban J connectivity index is 1.37. The van der Waals surface area contributed by atoms with Crippen LogP contribution in [-0.4, -0.2) is 36.5 Å². The van der Waals surface area contributed by atoms with Crippen LogP contribution in [0.3, 0.4) is 0 Å². The van der Waals surface area contributed by atoms with Crippen LogP contribution in [0.2, 0.25) is 5.02 Å². The van der Waals surface area contributed by atoms with Crippen molar-refractivity contribution in [3.63, 3.8) is 0 Å². The predicted octanol–water partition coefficient (Wildman–Crippen LogP) is 4.71. The summed E-state index contributed by atoms with van der Waals surface area (Å²) in [5, 5.41) is 3.98. The molecular formula is C21H23ClN2OS. The van der Waals surface area contributed by atoms with Crippen LogP contribution < -0.4 is 5.32 Å². The van der Waals surface area contributed by atoms with Gasteiger partial charge in [0, 0.05) is 33.0 Å². The maximum absolute atomic E-state index is 12.6. The topological polar surface area (TPSA) is 32.3 Å². The maximum Gasteiger partial charge on any atom is 0.251 e. The second-order valence-electron chi connectivity index (χ2n) is 7.23. The van der Waals surface area contributed by atoms with E-state index in [0.29, 0.717) is 0 Å². The van der Waals surface area contributed by atoms with E-state index in [0.717, 1.165) is 39.3 Å². The molecule has 2 aromatic rings. The predicted molar refractivity (Wildman–Crippen MR) is 107 cm³/mol. The zero-order valence-corrected chi connectivity index (χ0v) is 16.2. The summed E-state index contributed by atoms with van der Waals surface area (Å²) >= 11 is 7.68. The van der Waals surface area contributed by atoms with Crippen molar-refractivity contribution >= 4 is 29.3 Å². The van der Waals surface area contributed by atoms with Gasteiger partial charge in [-0.15, -0.1) is 0 Å². The van der Waals surface area contributed by atoms with E-state index in [1.807, 2.05) is 48.5 Å². The van der Waals surface area contributed by atoms with Crippen molar-refractivity contribution < 1.29 is 4.79 Å². The van der Waals surface area contributed by atoms with Crippen LogP contribution in [0.5, 0.6) is 0 Å². The molecule has 0 saturated carbocycles. The van der Waals surface area contributed by atoms with Gasteiger partial charge in [0.05, 0.1) is 0 Å². The van der Waals surface area contributed by atoms with Crippen LogP contribution in [0.25, 0.3) is 0 Å². The van der Waals surface area contributed by atoms with Crippen LogP contribution in [0.4, 0.5) is 0 Å². The molecule has 1 atom stereocenters. The number of hydrogen-bond donors (Lipinski definition) is 1. The van der Waals surface area contributed by atoms with Gasteiger partial charge in [-0.3, -0.25) is 4.79 Å². The molecule has 2 bridgehead atoms. The second-order valence-corrected chi connectivity index (χ2v) is 8.82. The summed E-state index contributed by atoms with van der Waals surface area (Å²) in [5.41, 5.74) is 0.729. The molecule has 136 valence electrons. The van der Waals surface area contributed by atoms with E-state index in [1.54, 1.807) is 11.8 Å². The number of amides is 1. The number of piperidine rings is 1. The molecule has 0 aromatic heterocycles. The van der Waals surface area contributed by atoms with Gasteiger partial charge in [0.15, 0.2) is 0 Å². The maximum atomic E-state index is 12.6. The summed E-state index contributed by atoms with van der Waals surface area (Å²) in [5.74, 6) is 0.812. The summed E-state index contributed by atoms with van der Waals surface area (Å²) in [6, 6.07) is 15.9. The van der Waals surface area contributed by atoms with Gasteiger partial charge in [0.1, 0.15) is 0 Å². The summed E-state index contributed by atoms with van der Waals surface area (Å²) in [4.78, 5) is 17.3. The van der Waals surface area contributed by atoms with Gasteiger partial charge in [0.25, 0.3) is 5.91 Å². The van der Waals surface area contributed by atoms with Crippen LogP contribution in [0.1, 0.15) is 29.6 Å². The second kappa shape index (κ2) is 8.03. The summed E-state index contributed by atoms with van der Waals surface area (Å²) in [6.07, 6.45) is 3.68. The zero-order valence-electron chi connectivity index (χ0n) is 14.7. The lowest BCUT2D eigenvalue weighted by Gasteiger charge is -2.26. The Bertz CT molecular complexity index is 758. The Morgan fingerprint density at radius 3 is 2.58 bits per heavy atom. The van der Waals surface area contributed by atoms with Crippen LogP contribution in [0.15, 0.2) is 58.3 Å². The molecule has 0 spiro atoms. The van der Waals surface area contributed by atoms with Crippen molar-refractivity contribution in [1.29, 1.82) is 0 Å². The third kappa shape index (κ3) is 4.43. The number of nitrogens with one attached hydrogen (secondary N) is 1. The summed E-state index contributed by atoms with van der Waals surface area (Å²) in [6.45, 7) is 3.36. The van der Waals surface area contributed by atoms with E-state index in [2.05, 4.69) is 10.2 Å². The fourth-order valence-corrected chi connectivity index (χ4v) is 5.04. The molecule has 3 saturated heterocycles. The normalized spacial score (nSPS) is 24.9. The number of fused-ring (bicyclic) bond motifs is 4. The molecular weight excluding hydrogens is 364 g/mol. The molecule has 1 N–H and O–H groups in total. The van der Waals surface area contributed by atoms with Gasteiger partial charge in [-0.2, -0.15) is 0 Å². The summed E-state index contributed by atoms with van der Waals surface area (Å²) < 4.78 is 0. The minimum Gasteiger partial charge on any atom is -0.348 e. The lowest BCUT2D eigenvalue weighted by atomic mass is 9.94. The highest BCUT2D eigenvalue weighted by atomic mass is 35.5. The van der Waals surface area contributed by atoms with Crippen LogP contribution in [0, 0.1) is 5.92 Å². The molecule has 0 radical (unpaired) electrons. The third-order valence-electron chi connectivity index (χ3n) is 5.29. The van der Waals surface area contributed by atoms with Crippen molar-refractivity contribution in [2.45, 2.75) is 35.1 Å². The first-order valence-corrected chi connectivity index (χ1v) is 10.4. The molecule has 3 aliphatic heterocycles. The molecule has 3 heterocycles. The molecule has 3 aliphatic rings. The average molecular weight is 387 g/mol. The molecule has 3 nitrogen and oxygen atoms in total. The summed E-state index contributed by atoms with van der Waals surface area (Å²) in [7, 11) is 0. The largest absolute Gasteiger partial charge is 0.348 e. The van der Waals surface area contributed by atoms with Crippen molar-refractivity contribution in [1.82, 2.24) is 10.2 Å². The Kier molecular flexibility index (Phi) is 5.53. The van der Waals surface area contributed by atoms with Gasteiger partial charge >= 0.3 is 0 Å². The first kappa shape index (κ1) is 17.9. The standard InChI is InChI=1S/C21H23ClN2OS/c22-17-2-1-3-20(13-17)26-19-6-4-16(5-7-19)21(25)23-18-12-15-8-10-24(14-18)11-9-15/h1-7,13,15,18H,8-12,14H2,(H,23,25). The Morgan fingerprint density at radius 1 is 1.08 bits per heavy atom. The highest BCUT2D eigenvalue weighted by Crippen LogP contribution is 2.30. The van der Waals surface area contributed by atoms with E-state index >= 15 is 0 Å². The highest BCUT2D eigenvalue weighted by Gasteiger charge is 2.29. The Hall–Kier alpha value is -1.49. The van der Waals surface area contributed by atoms with Crippen LogP contribution >= 0.6 is 23.4 Å². The number of rotatable bonds is 4. The van der Waals surface area contributed by atoms with E-state index < -0.39 is 0 Å². The first-order valence-electron chi connectivity index (χ1n) is 9.22. The van der Waals surface area contributed by atoms with Gasteiger partial charge in [-0.05, 0) is 80.7 Å². The van der Waals surface area contributed by atoms with Gasteiger partial charge in [-0.1, -0.05) is 29.4 Å². The Morgan fingerprint density at radius 2 is 1.85 bits per heavy atom. The number of carbonyl (C=O) groups is 1. The monoisotopic (exact) mass is 386 g/mol. The van der Waals surface area contributed by atoms with Crippen molar-refractivity contribution in [2.75, 3.05) is 19.6 Å². The number of carbonyl (C=O) groups excluding carboxylic acids is 1. The van der Waals surface area contributed by atoms with E-state index in [4.69, 9.17) is 11.6 Å². The minimum atomic E-state index is 0.0387. The van der Waals surface area contributed by atoms with E-state index in [9.17, 15) is 4.79 Å². The fraction of sp³-hybridized carbons (Fsp3) is 0.381. The van der Waals surface area contributed by atoms with Crippen molar-refractivity contribution in [3.05, 3.63) is 59.1 Å². The van der Waals surface area contributed by atoms with Gasteiger partial charge < -0.3 is 10.2 Å². The van der Waals surface area contributed by atoms with E-state index in [1.165, 1.54) is 25.9 Å². The van der Waals surface area contributed by atoms with Gasteiger partial charge in [0.2, 0.25) is 0 Å². The highest BCUT2D eigenvalue weighted by molar-refractivity contribution is 7.99. The minimum absolute atomic E-state index is 0.0387. The fourth-order valence-electron chi connectivity index (χ4n) is 3.91. The lowest BCUT2D eigenvalue weighted by molar-refractivity contribution is 0.0928. The molecule has 5 heteroatoms. The average Bonchev–Trinajstić information content (AvgIpc) is 2.94. The zero-order chi connectivity index (χ0) is 17.9. The van der Waals surface area contributed by atoms with Crippen molar-refractivity contribution in [2.24, 2.45) is 5.92 Å². The molecule has 2 aromatic carbocycles. The first-order chi connectivity index (χ1) is 12.7. The smallest absolute Gasteiger partial charge is 0.251 e. The molecule has 26 heavy (non-hydrogen) atoms. The number of halogens is 1. The lowest BCUT2D eigenvalue weighted by Crippen LogP contribution is -2.41. The number of hydrogen-bond acceptors (Lipinski definition) is 3. The third-order valence-corrected chi connectivity index (χ3v) is 6.52.